The Morgan fingerprint density at radius 3 is 2.31 bits per heavy atom. The third-order valence-electron chi connectivity index (χ3n) is 3.85. The molecule has 0 aliphatic carbocycles. The van der Waals surface area contributed by atoms with Gasteiger partial charge in [-0.05, 0) is 75.7 Å². The normalized spacial score (nSPS) is 11.2. The Morgan fingerprint density at radius 2 is 1.77 bits per heavy atom. The summed E-state index contributed by atoms with van der Waals surface area (Å²) >= 11 is 3.34. The van der Waals surface area contributed by atoms with Crippen molar-refractivity contribution in [1.29, 1.82) is 0 Å². The Balaban J connectivity index is 2.45. The zero-order chi connectivity index (χ0) is 19.4. The van der Waals surface area contributed by atoms with Crippen LogP contribution in [0.15, 0.2) is 40.9 Å². The van der Waals surface area contributed by atoms with Crippen LogP contribution in [-0.4, -0.2) is 23.0 Å². The first kappa shape index (κ1) is 19.9. The molecule has 0 aromatic heterocycles. The first-order valence-corrected chi connectivity index (χ1v) is 9.02. The number of halogens is 1. The standard InChI is InChI=1S/C21H21BrO4/c1-12(2)26-20-14(4)19(21(24)25)13(3)11-16(20)7-10-18(23)15-5-8-17(22)9-6-15/h5-12H,1-4H3,(H,24,25)/b10-7+. The number of carboxylic acid groups (broad SMARTS) is 1. The lowest BCUT2D eigenvalue weighted by Gasteiger charge is -2.18. The number of carbonyl (C=O) groups is 2. The zero-order valence-electron chi connectivity index (χ0n) is 15.2. The molecule has 0 fully saturated rings. The Labute approximate surface area is 161 Å². The monoisotopic (exact) mass is 416 g/mol. The predicted octanol–water partition coefficient (Wildman–Crippen LogP) is 5.45. The van der Waals surface area contributed by atoms with Crippen LogP contribution in [0, 0.1) is 13.8 Å². The summed E-state index contributed by atoms with van der Waals surface area (Å²) in [7, 11) is 0. The lowest BCUT2D eigenvalue weighted by atomic mass is 9.97. The summed E-state index contributed by atoms with van der Waals surface area (Å²) in [4.78, 5) is 23.9. The summed E-state index contributed by atoms with van der Waals surface area (Å²) in [5.41, 5.74) is 2.68. The summed E-state index contributed by atoms with van der Waals surface area (Å²) in [6, 6.07) is 8.84. The van der Waals surface area contributed by atoms with E-state index in [4.69, 9.17) is 4.74 Å². The van der Waals surface area contributed by atoms with E-state index in [-0.39, 0.29) is 17.5 Å². The minimum Gasteiger partial charge on any atom is -0.490 e. The number of ketones is 1. The quantitative estimate of drug-likeness (QED) is 0.502. The van der Waals surface area contributed by atoms with E-state index < -0.39 is 5.97 Å². The van der Waals surface area contributed by atoms with Crippen LogP contribution in [0.2, 0.25) is 0 Å². The third-order valence-corrected chi connectivity index (χ3v) is 4.38. The number of carboxylic acids is 1. The highest BCUT2D eigenvalue weighted by atomic mass is 79.9. The molecule has 26 heavy (non-hydrogen) atoms. The van der Waals surface area contributed by atoms with Gasteiger partial charge in [-0.15, -0.1) is 0 Å². The Hall–Kier alpha value is -2.40. The molecule has 0 heterocycles. The van der Waals surface area contributed by atoms with Crippen LogP contribution < -0.4 is 4.74 Å². The van der Waals surface area contributed by atoms with Crippen molar-refractivity contribution >= 4 is 33.8 Å². The smallest absolute Gasteiger partial charge is 0.336 e. The average Bonchev–Trinajstić information content (AvgIpc) is 2.55. The van der Waals surface area contributed by atoms with Crippen LogP contribution in [0.5, 0.6) is 5.75 Å². The number of carbonyl (C=O) groups excluding carboxylic acids is 1. The Bertz CT molecular complexity index is 865. The van der Waals surface area contributed by atoms with Gasteiger partial charge in [-0.25, -0.2) is 4.79 Å². The van der Waals surface area contributed by atoms with Crippen LogP contribution in [0.25, 0.3) is 6.08 Å². The lowest BCUT2D eigenvalue weighted by Crippen LogP contribution is -2.12. The van der Waals surface area contributed by atoms with Crippen molar-refractivity contribution in [2.24, 2.45) is 0 Å². The lowest BCUT2D eigenvalue weighted by molar-refractivity contribution is 0.0694. The second-order valence-corrected chi connectivity index (χ2v) is 7.20. The fourth-order valence-electron chi connectivity index (χ4n) is 2.72. The average molecular weight is 417 g/mol. The highest BCUT2D eigenvalue weighted by Crippen LogP contribution is 2.31. The van der Waals surface area contributed by atoms with Gasteiger partial charge in [0, 0.05) is 21.2 Å². The molecular weight excluding hydrogens is 396 g/mol. The molecule has 2 aromatic rings. The summed E-state index contributed by atoms with van der Waals surface area (Å²) in [6.45, 7) is 7.21. The number of ether oxygens (including phenoxy) is 1. The van der Waals surface area contributed by atoms with Crippen LogP contribution in [0.4, 0.5) is 0 Å². The van der Waals surface area contributed by atoms with Crippen molar-refractivity contribution in [3.63, 3.8) is 0 Å². The number of aryl methyl sites for hydroxylation is 1. The van der Waals surface area contributed by atoms with E-state index >= 15 is 0 Å². The number of rotatable bonds is 6. The van der Waals surface area contributed by atoms with Gasteiger partial charge in [-0.1, -0.05) is 15.9 Å². The molecule has 5 heteroatoms. The molecule has 0 bridgehead atoms. The van der Waals surface area contributed by atoms with Crippen molar-refractivity contribution in [1.82, 2.24) is 0 Å². The molecule has 0 amide bonds. The summed E-state index contributed by atoms with van der Waals surface area (Å²) < 4.78 is 6.75. The molecule has 2 rings (SSSR count). The molecular formula is C21H21BrO4. The van der Waals surface area contributed by atoms with Gasteiger partial charge < -0.3 is 9.84 Å². The topological polar surface area (TPSA) is 63.6 Å². The molecule has 2 aromatic carbocycles. The van der Waals surface area contributed by atoms with Gasteiger partial charge >= 0.3 is 5.97 Å². The predicted molar refractivity (Wildman–Crippen MR) is 106 cm³/mol. The van der Waals surface area contributed by atoms with E-state index in [0.29, 0.717) is 28.0 Å². The minimum absolute atomic E-state index is 0.118. The molecule has 136 valence electrons. The number of aromatic carboxylic acids is 1. The molecule has 0 saturated carbocycles. The molecule has 0 atom stereocenters. The number of hydrogen-bond acceptors (Lipinski definition) is 3. The van der Waals surface area contributed by atoms with Gasteiger partial charge in [-0.2, -0.15) is 0 Å². The van der Waals surface area contributed by atoms with Gasteiger partial charge in [0.1, 0.15) is 5.75 Å². The molecule has 1 N–H and O–H groups in total. The molecule has 0 unspecified atom stereocenters. The summed E-state index contributed by atoms with van der Waals surface area (Å²) in [6.07, 6.45) is 3.03. The molecule has 0 spiro atoms. The van der Waals surface area contributed by atoms with Crippen molar-refractivity contribution in [2.75, 3.05) is 0 Å². The first-order chi connectivity index (χ1) is 12.2. The summed E-state index contributed by atoms with van der Waals surface area (Å²) in [5, 5.41) is 9.45. The fourth-order valence-corrected chi connectivity index (χ4v) is 2.98. The van der Waals surface area contributed by atoms with E-state index in [1.165, 1.54) is 6.08 Å². The molecule has 0 aliphatic heterocycles. The van der Waals surface area contributed by atoms with E-state index in [0.717, 1.165) is 4.47 Å². The number of allylic oxidation sites excluding steroid dienone is 1. The van der Waals surface area contributed by atoms with Gasteiger partial charge in [0.2, 0.25) is 0 Å². The van der Waals surface area contributed by atoms with Crippen LogP contribution in [0.1, 0.15) is 51.3 Å². The molecule has 0 radical (unpaired) electrons. The molecule has 0 saturated heterocycles. The maximum atomic E-state index is 12.4. The highest BCUT2D eigenvalue weighted by Gasteiger charge is 2.19. The van der Waals surface area contributed by atoms with Crippen LogP contribution >= 0.6 is 15.9 Å². The van der Waals surface area contributed by atoms with Crippen molar-refractivity contribution in [3.8, 4) is 5.75 Å². The van der Waals surface area contributed by atoms with Gasteiger partial charge in [0.05, 0.1) is 11.7 Å². The maximum absolute atomic E-state index is 12.4. The van der Waals surface area contributed by atoms with Crippen molar-refractivity contribution in [2.45, 2.75) is 33.8 Å². The van der Waals surface area contributed by atoms with E-state index in [9.17, 15) is 14.7 Å². The van der Waals surface area contributed by atoms with Crippen molar-refractivity contribution < 1.29 is 19.4 Å². The maximum Gasteiger partial charge on any atom is 0.336 e. The Kier molecular flexibility index (Phi) is 6.37. The van der Waals surface area contributed by atoms with Gasteiger partial charge in [0.25, 0.3) is 0 Å². The second-order valence-electron chi connectivity index (χ2n) is 6.29. The van der Waals surface area contributed by atoms with Crippen molar-refractivity contribution in [3.05, 3.63) is 68.7 Å². The van der Waals surface area contributed by atoms with E-state index in [1.54, 1.807) is 38.1 Å². The zero-order valence-corrected chi connectivity index (χ0v) is 16.8. The fraction of sp³-hybridized carbons (Fsp3) is 0.238. The number of benzene rings is 2. The van der Waals surface area contributed by atoms with E-state index in [2.05, 4.69) is 15.9 Å². The first-order valence-electron chi connectivity index (χ1n) is 8.22. The highest BCUT2D eigenvalue weighted by molar-refractivity contribution is 9.10. The third kappa shape index (κ3) is 4.61. The summed E-state index contributed by atoms with van der Waals surface area (Å²) in [5.74, 6) is -0.636. The second kappa shape index (κ2) is 8.32. The van der Waals surface area contributed by atoms with Gasteiger partial charge in [0.15, 0.2) is 5.78 Å². The van der Waals surface area contributed by atoms with Gasteiger partial charge in [-0.3, -0.25) is 4.79 Å². The molecule has 4 nitrogen and oxygen atoms in total. The van der Waals surface area contributed by atoms with Crippen LogP contribution in [0.3, 0.4) is 0 Å². The SMILES string of the molecule is Cc1cc(/C=C/C(=O)c2ccc(Br)cc2)c(OC(C)C)c(C)c1C(=O)O. The Morgan fingerprint density at radius 1 is 1.15 bits per heavy atom. The van der Waals surface area contributed by atoms with E-state index in [1.807, 2.05) is 26.0 Å². The number of hydrogen-bond donors (Lipinski definition) is 1. The minimum atomic E-state index is -0.991. The molecule has 0 aliphatic rings. The largest absolute Gasteiger partial charge is 0.490 e. The van der Waals surface area contributed by atoms with Crippen LogP contribution in [-0.2, 0) is 0 Å².